The van der Waals surface area contributed by atoms with Crippen LogP contribution in [0.1, 0.15) is 6.92 Å². The second-order valence-electron chi connectivity index (χ2n) is 4.81. The second-order valence-corrected chi connectivity index (χ2v) is 6.72. The Morgan fingerprint density at radius 3 is 2.68 bits per heavy atom. The van der Waals surface area contributed by atoms with Gasteiger partial charge in [-0.05, 0) is 19.1 Å². The minimum Gasteiger partial charge on any atom is -0.497 e. The van der Waals surface area contributed by atoms with Gasteiger partial charge in [0.15, 0.2) is 4.90 Å². The molecule has 10 heteroatoms. The zero-order chi connectivity index (χ0) is 15.6. The van der Waals surface area contributed by atoms with Crippen LogP contribution in [0.3, 0.4) is 0 Å². The van der Waals surface area contributed by atoms with Crippen LogP contribution in [0.15, 0.2) is 23.1 Å². The van der Waals surface area contributed by atoms with E-state index in [4.69, 9.17) is 4.74 Å². The number of nitrogens with zero attached hydrogens (tertiary/aromatic N) is 2. The minimum atomic E-state index is -3.90. The van der Waals surface area contributed by atoms with Gasteiger partial charge in [0.25, 0.3) is 5.69 Å². The molecule has 0 spiro atoms. The summed E-state index contributed by atoms with van der Waals surface area (Å²) in [5.74, 6) is 0.245. The lowest BCUT2D eigenvalue weighted by molar-refractivity contribution is -0.387. The van der Waals surface area contributed by atoms with Crippen molar-refractivity contribution in [1.29, 1.82) is 0 Å². The molecule has 2 rings (SSSR count). The van der Waals surface area contributed by atoms with E-state index >= 15 is 0 Å². The largest absolute Gasteiger partial charge is 0.497 e. The Bertz CT molecular complexity index is 652. The zero-order valence-corrected chi connectivity index (χ0v) is 13.8. The van der Waals surface area contributed by atoms with Gasteiger partial charge < -0.3 is 10.1 Å². The molecule has 0 aromatic heterocycles. The normalized spacial score (nSPS) is 19.3. The van der Waals surface area contributed by atoms with Crippen molar-refractivity contribution in [2.45, 2.75) is 17.9 Å². The van der Waals surface area contributed by atoms with Gasteiger partial charge in [0.05, 0.1) is 18.1 Å². The molecule has 0 aliphatic carbocycles. The maximum atomic E-state index is 12.6. The summed E-state index contributed by atoms with van der Waals surface area (Å²) < 4.78 is 31.4. The van der Waals surface area contributed by atoms with Crippen LogP contribution in [-0.2, 0) is 10.0 Å². The van der Waals surface area contributed by atoms with E-state index in [1.54, 1.807) is 0 Å². The molecule has 124 valence electrons. The summed E-state index contributed by atoms with van der Waals surface area (Å²) in [6, 6.07) is 3.76. The fourth-order valence-electron chi connectivity index (χ4n) is 2.24. The summed E-state index contributed by atoms with van der Waals surface area (Å²) in [7, 11) is -2.53. The first-order chi connectivity index (χ1) is 9.86. The van der Waals surface area contributed by atoms with Crippen molar-refractivity contribution in [1.82, 2.24) is 9.62 Å². The van der Waals surface area contributed by atoms with Crippen LogP contribution in [0.5, 0.6) is 5.75 Å². The number of hydrogen-bond donors (Lipinski definition) is 1. The van der Waals surface area contributed by atoms with Gasteiger partial charge in [0.1, 0.15) is 5.75 Å². The van der Waals surface area contributed by atoms with Crippen molar-refractivity contribution in [3.63, 3.8) is 0 Å². The molecule has 1 aromatic rings. The van der Waals surface area contributed by atoms with Gasteiger partial charge in [-0.1, -0.05) is 0 Å². The molecule has 1 saturated heterocycles. The first-order valence-electron chi connectivity index (χ1n) is 6.42. The molecule has 1 fully saturated rings. The molecule has 1 aromatic carbocycles. The molecule has 8 nitrogen and oxygen atoms in total. The maximum Gasteiger partial charge on any atom is 0.293 e. The monoisotopic (exact) mass is 351 g/mol. The summed E-state index contributed by atoms with van der Waals surface area (Å²) in [5.41, 5.74) is -0.472. The Balaban J connectivity index is 0.00000242. The van der Waals surface area contributed by atoms with Gasteiger partial charge in [-0.3, -0.25) is 10.1 Å². The van der Waals surface area contributed by atoms with Gasteiger partial charge in [0, 0.05) is 25.7 Å². The topological polar surface area (TPSA) is 102 Å². The summed E-state index contributed by atoms with van der Waals surface area (Å²) in [5, 5.41) is 14.3. The van der Waals surface area contributed by atoms with Crippen molar-refractivity contribution < 1.29 is 18.1 Å². The summed E-state index contributed by atoms with van der Waals surface area (Å²) in [6.45, 7) is 2.95. The molecular weight excluding hydrogens is 334 g/mol. The molecule has 1 heterocycles. The fourth-order valence-corrected chi connectivity index (χ4v) is 3.91. The third kappa shape index (κ3) is 3.67. The molecule has 1 atom stereocenters. The van der Waals surface area contributed by atoms with E-state index in [9.17, 15) is 18.5 Å². The van der Waals surface area contributed by atoms with Crippen LogP contribution in [0.2, 0.25) is 0 Å². The summed E-state index contributed by atoms with van der Waals surface area (Å²) in [4.78, 5) is 10.1. The predicted octanol–water partition coefficient (Wildman–Crippen LogP) is 1.01. The van der Waals surface area contributed by atoms with Crippen LogP contribution in [-0.4, -0.2) is 50.4 Å². The van der Waals surface area contributed by atoms with E-state index in [1.165, 1.54) is 23.5 Å². The number of ether oxygens (including phenoxy) is 1. The Hall–Kier alpha value is -1.42. The van der Waals surface area contributed by atoms with Gasteiger partial charge in [0.2, 0.25) is 10.0 Å². The smallest absolute Gasteiger partial charge is 0.293 e. The van der Waals surface area contributed by atoms with Crippen LogP contribution >= 0.6 is 12.4 Å². The average molecular weight is 352 g/mol. The number of piperazine rings is 1. The molecule has 22 heavy (non-hydrogen) atoms. The Labute approximate surface area is 135 Å². The van der Waals surface area contributed by atoms with Crippen LogP contribution < -0.4 is 10.1 Å². The molecule has 0 amide bonds. The summed E-state index contributed by atoms with van der Waals surface area (Å²) in [6.07, 6.45) is 0. The Morgan fingerprint density at radius 1 is 1.45 bits per heavy atom. The van der Waals surface area contributed by atoms with Crippen molar-refractivity contribution in [3.8, 4) is 5.75 Å². The highest BCUT2D eigenvalue weighted by atomic mass is 35.5. The lowest BCUT2D eigenvalue weighted by atomic mass is 10.3. The van der Waals surface area contributed by atoms with Gasteiger partial charge in [-0.2, -0.15) is 4.31 Å². The SMILES string of the molecule is COc1ccc(S(=O)(=O)N2CCN[C@H](C)C2)c([N+](=O)[O-])c1.Cl. The number of halogens is 1. The van der Waals surface area contributed by atoms with E-state index in [0.29, 0.717) is 6.54 Å². The highest BCUT2D eigenvalue weighted by molar-refractivity contribution is 7.89. The van der Waals surface area contributed by atoms with Crippen molar-refractivity contribution in [3.05, 3.63) is 28.3 Å². The van der Waals surface area contributed by atoms with Gasteiger partial charge in [-0.25, -0.2) is 8.42 Å². The van der Waals surface area contributed by atoms with Crippen LogP contribution in [0, 0.1) is 10.1 Å². The van der Waals surface area contributed by atoms with E-state index < -0.39 is 20.6 Å². The van der Waals surface area contributed by atoms with Gasteiger partial charge in [-0.15, -0.1) is 12.4 Å². The lowest BCUT2D eigenvalue weighted by Crippen LogP contribution is -2.51. The molecule has 1 aliphatic heterocycles. The van der Waals surface area contributed by atoms with Gasteiger partial charge >= 0.3 is 0 Å². The highest BCUT2D eigenvalue weighted by Gasteiger charge is 2.34. The molecule has 0 bridgehead atoms. The highest BCUT2D eigenvalue weighted by Crippen LogP contribution is 2.30. The lowest BCUT2D eigenvalue weighted by Gasteiger charge is -2.30. The summed E-state index contributed by atoms with van der Waals surface area (Å²) >= 11 is 0. The third-order valence-corrected chi connectivity index (χ3v) is 5.22. The molecule has 1 aliphatic rings. The van der Waals surface area contributed by atoms with Crippen molar-refractivity contribution >= 4 is 28.1 Å². The number of hydrogen-bond acceptors (Lipinski definition) is 6. The second kappa shape index (κ2) is 7.23. The average Bonchev–Trinajstić information content (AvgIpc) is 2.46. The van der Waals surface area contributed by atoms with Crippen LogP contribution in [0.25, 0.3) is 0 Å². The molecule has 1 N–H and O–H groups in total. The van der Waals surface area contributed by atoms with E-state index in [0.717, 1.165) is 6.07 Å². The Morgan fingerprint density at radius 2 is 2.14 bits per heavy atom. The van der Waals surface area contributed by atoms with E-state index in [1.807, 2.05) is 6.92 Å². The minimum absolute atomic E-state index is 0. The Kier molecular flexibility index (Phi) is 6.12. The number of nitrogens with one attached hydrogen (secondary N) is 1. The first-order valence-corrected chi connectivity index (χ1v) is 7.86. The third-order valence-electron chi connectivity index (χ3n) is 3.31. The standard InChI is InChI=1S/C12H17N3O5S.ClH/c1-9-8-14(6-5-13-9)21(18,19)12-4-3-10(20-2)7-11(12)15(16)17;/h3-4,7,9,13H,5-6,8H2,1-2H3;1H/t9-;/m1./s1. The number of nitro groups is 1. The number of methoxy groups -OCH3 is 1. The number of nitro benzene ring substituents is 1. The predicted molar refractivity (Wildman–Crippen MR) is 83.1 cm³/mol. The maximum absolute atomic E-state index is 12.6. The fraction of sp³-hybridized carbons (Fsp3) is 0.500. The molecule has 0 radical (unpaired) electrons. The molecular formula is C12H18ClN3O5S. The van der Waals surface area contributed by atoms with Crippen molar-refractivity contribution in [2.24, 2.45) is 0 Å². The molecule has 0 unspecified atom stereocenters. The number of sulfonamides is 1. The number of rotatable bonds is 4. The van der Waals surface area contributed by atoms with E-state index in [-0.39, 0.29) is 42.2 Å². The number of benzene rings is 1. The zero-order valence-electron chi connectivity index (χ0n) is 12.2. The van der Waals surface area contributed by atoms with Crippen molar-refractivity contribution in [2.75, 3.05) is 26.7 Å². The quantitative estimate of drug-likeness (QED) is 0.641. The molecule has 0 saturated carbocycles. The first kappa shape index (κ1) is 18.6. The van der Waals surface area contributed by atoms with E-state index in [2.05, 4.69) is 5.32 Å². The van der Waals surface area contributed by atoms with Crippen LogP contribution in [0.4, 0.5) is 5.69 Å².